The van der Waals surface area contributed by atoms with Crippen molar-refractivity contribution in [1.29, 1.82) is 5.26 Å². The standard InChI is InChI=1S/C15H17Cl2NO2/c16-13(10-14(17)11-18)8-4-5-9-20-15(19)12-6-2-1-3-7-12/h1-3,6-7,13-14H,4-5,8-10H2. The minimum atomic E-state index is -0.534. The lowest BCUT2D eigenvalue weighted by atomic mass is 10.1. The summed E-state index contributed by atoms with van der Waals surface area (Å²) >= 11 is 11.7. The van der Waals surface area contributed by atoms with Gasteiger partial charge in [-0.2, -0.15) is 5.26 Å². The fraction of sp³-hybridized carbons (Fsp3) is 0.467. The lowest BCUT2D eigenvalue weighted by Gasteiger charge is -2.09. The number of carbonyl (C=O) groups excluding carboxylic acids is 1. The van der Waals surface area contributed by atoms with Gasteiger partial charge >= 0.3 is 5.97 Å². The summed E-state index contributed by atoms with van der Waals surface area (Å²) in [6.45, 7) is 0.375. The van der Waals surface area contributed by atoms with Gasteiger partial charge in [0.1, 0.15) is 5.38 Å². The molecule has 1 aromatic rings. The number of benzene rings is 1. The largest absolute Gasteiger partial charge is 0.462 e. The van der Waals surface area contributed by atoms with Gasteiger partial charge in [0.25, 0.3) is 0 Å². The van der Waals surface area contributed by atoms with Crippen molar-refractivity contribution in [3.8, 4) is 6.07 Å². The summed E-state index contributed by atoms with van der Waals surface area (Å²) < 4.78 is 5.15. The molecule has 2 unspecified atom stereocenters. The normalized spacial score (nSPS) is 13.2. The zero-order chi connectivity index (χ0) is 14.8. The van der Waals surface area contributed by atoms with Crippen LogP contribution in [0.1, 0.15) is 36.0 Å². The molecule has 0 heterocycles. The second-order valence-corrected chi connectivity index (χ2v) is 5.57. The van der Waals surface area contributed by atoms with Crippen LogP contribution < -0.4 is 0 Å². The minimum Gasteiger partial charge on any atom is -0.462 e. The molecule has 108 valence electrons. The molecule has 0 aliphatic carbocycles. The number of alkyl halides is 2. The third-order valence-electron chi connectivity index (χ3n) is 2.76. The fourth-order valence-corrected chi connectivity index (χ4v) is 2.32. The molecule has 0 aliphatic rings. The average Bonchev–Trinajstić information content (AvgIpc) is 2.47. The number of esters is 1. The summed E-state index contributed by atoms with van der Waals surface area (Å²) in [5.41, 5.74) is 0.557. The van der Waals surface area contributed by atoms with Gasteiger partial charge in [0, 0.05) is 5.38 Å². The predicted octanol–water partition coefficient (Wildman–Crippen LogP) is 4.14. The molecule has 0 aromatic heterocycles. The lowest BCUT2D eigenvalue weighted by molar-refractivity contribution is 0.0498. The molecule has 0 saturated carbocycles. The van der Waals surface area contributed by atoms with Crippen LogP contribution in [-0.4, -0.2) is 23.3 Å². The summed E-state index contributed by atoms with van der Waals surface area (Å²) in [7, 11) is 0. The molecular weight excluding hydrogens is 297 g/mol. The maximum Gasteiger partial charge on any atom is 0.338 e. The third-order valence-corrected chi connectivity index (χ3v) is 3.43. The van der Waals surface area contributed by atoms with Gasteiger partial charge in [0.15, 0.2) is 0 Å². The molecule has 0 N–H and O–H groups in total. The van der Waals surface area contributed by atoms with E-state index in [0.717, 1.165) is 19.3 Å². The minimum absolute atomic E-state index is 0.109. The number of rotatable bonds is 8. The van der Waals surface area contributed by atoms with Crippen molar-refractivity contribution in [2.24, 2.45) is 0 Å². The summed E-state index contributed by atoms with van der Waals surface area (Å²) in [5.74, 6) is -0.307. The zero-order valence-corrected chi connectivity index (χ0v) is 12.6. The Hall–Kier alpha value is -1.24. The van der Waals surface area contributed by atoms with E-state index in [1.807, 2.05) is 12.1 Å². The first-order valence-electron chi connectivity index (χ1n) is 6.53. The van der Waals surface area contributed by atoms with Gasteiger partial charge in [-0.25, -0.2) is 4.79 Å². The van der Waals surface area contributed by atoms with Crippen LogP contribution in [0.5, 0.6) is 0 Å². The highest BCUT2D eigenvalue weighted by atomic mass is 35.5. The Kier molecular flexibility index (Phi) is 8.10. The first-order valence-corrected chi connectivity index (χ1v) is 7.40. The first-order chi connectivity index (χ1) is 9.63. The number of hydrogen-bond donors (Lipinski definition) is 0. The second kappa shape index (κ2) is 9.63. The highest BCUT2D eigenvalue weighted by Gasteiger charge is 2.11. The van der Waals surface area contributed by atoms with Gasteiger partial charge in [0.2, 0.25) is 0 Å². The molecule has 0 amide bonds. The predicted molar refractivity (Wildman–Crippen MR) is 80.1 cm³/mol. The number of unbranched alkanes of at least 4 members (excludes halogenated alkanes) is 1. The summed E-state index contributed by atoms with van der Waals surface area (Å²) in [6.07, 6.45) is 2.82. The summed E-state index contributed by atoms with van der Waals surface area (Å²) in [6, 6.07) is 10.8. The highest BCUT2D eigenvalue weighted by molar-refractivity contribution is 6.24. The Balaban J connectivity index is 2.11. The molecule has 20 heavy (non-hydrogen) atoms. The van der Waals surface area contributed by atoms with Crippen molar-refractivity contribution in [3.05, 3.63) is 35.9 Å². The Morgan fingerprint density at radius 1 is 1.25 bits per heavy atom. The summed E-state index contributed by atoms with van der Waals surface area (Å²) in [4.78, 5) is 11.6. The van der Waals surface area contributed by atoms with Crippen LogP contribution in [0.15, 0.2) is 30.3 Å². The molecule has 0 spiro atoms. The zero-order valence-electron chi connectivity index (χ0n) is 11.1. The molecule has 5 heteroatoms. The quantitative estimate of drug-likeness (QED) is 0.411. The van der Waals surface area contributed by atoms with E-state index in [9.17, 15) is 4.79 Å². The van der Waals surface area contributed by atoms with Crippen LogP contribution in [0.25, 0.3) is 0 Å². The number of halogens is 2. The van der Waals surface area contributed by atoms with Crippen LogP contribution in [-0.2, 0) is 4.74 Å². The monoisotopic (exact) mass is 313 g/mol. The van der Waals surface area contributed by atoms with Crippen molar-refractivity contribution in [2.75, 3.05) is 6.61 Å². The second-order valence-electron chi connectivity index (χ2n) is 4.43. The molecule has 1 rings (SSSR count). The van der Waals surface area contributed by atoms with E-state index >= 15 is 0 Å². The van der Waals surface area contributed by atoms with Crippen LogP contribution >= 0.6 is 23.2 Å². The van der Waals surface area contributed by atoms with Crippen LogP contribution in [0.3, 0.4) is 0 Å². The van der Waals surface area contributed by atoms with Crippen LogP contribution in [0.4, 0.5) is 0 Å². The van der Waals surface area contributed by atoms with E-state index in [0.29, 0.717) is 18.6 Å². The van der Waals surface area contributed by atoms with E-state index in [1.165, 1.54) is 0 Å². The van der Waals surface area contributed by atoms with Crippen LogP contribution in [0.2, 0.25) is 0 Å². The molecule has 2 atom stereocenters. The van der Waals surface area contributed by atoms with Gasteiger partial charge in [-0.3, -0.25) is 0 Å². The maximum atomic E-state index is 11.6. The Labute approximate surface area is 129 Å². The Bertz CT molecular complexity index is 445. The molecule has 0 saturated heterocycles. The van der Waals surface area contributed by atoms with Crippen molar-refractivity contribution in [1.82, 2.24) is 0 Å². The lowest BCUT2D eigenvalue weighted by Crippen LogP contribution is -2.09. The van der Waals surface area contributed by atoms with Crippen molar-refractivity contribution >= 4 is 29.2 Å². The van der Waals surface area contributed by atoms with Gasteiger partial charge in [-0.1, -0.05) is 18.2 Å². The summed E-state index contributed by atoms with van der Waals surface area (Å²) in [5, 5.41) is 7.92. The smallest absolute Gasteiger partial charge is 0.338 e. The van der Waals surface area contributed by atoms with E-state index < -0.39 is 5.38 Å². The van der Waals surface area contributed by atoms with Crippen molar-refractivity contribution in [2.45, 2.75) is 36.4 Å². The highest BCUT2D eigenvalue weighted by Crippen LogP contribution is 2.16. The topological polar surface area (TPSA) is 50.1 Å². The number of nitrogens with zero attached hydrogens (tertiary/aromatic N) is 1. The molecule has 0 fully saturated rings. The molecule has 3 nitrogen and oxygen atoms in total. The Morgan fingerprint density at radius 3 is 2.60 bits per heavy atom. The van der Waals surface area contributed by atoms with E-state index in [-0.39, 0.29) is 11.3 Å². The van der Waals surface area contributed by atoms with Gasteiger partial charge in [-0.15, -0.1) is 23.2 Å². The maximum absolute atomic E-state index is 11.6. The molecule has 0 bridgehead atoms. The molecular formula is C15H17Cl2NO2. The number of ether oxygens (including phenoxy) is 1. The molecule has 0 aliphatic heterocycles. The SMILES string of the molecule is N#CC(Cl)CC(Cl)CCCCOC(=O)c1ccccc1. The van der Waals surface area contributed by atoms with Crippen molar-refractivity contribution in [3.63, 3.8) is 0 Å². The molecule has 1 aromatic carbocycles. The van der Waals surface area contributed by atoms with Gasteiger partial charge < -0.3 is 4.74 Å². The first kappa shape index (κ1) is 16.8. The number of carbonyl (C=O) groups is 1. The molecule has 0 radical (unpaired) electrons. The number of nitriles is 1. The van der Waals surface area contributed by atoms with Gasteiger partial charge in [0.05, 0.1) is 18.2 Å². The average molecular weight is 314 g/mol. The Morgan fingerprint density at radius 2 is 1.95 bits per heavy atom. The van der Waals surface area contributed by atoms with E-state index in [4.69, 9.17) is 33.2 Å². The van der Waals surface area contributed by atoms with E-state index in [2.05, 4.69) is 0 Å². The van der Waals surface area contributed by atoms with Crippen molar-refractivity contribution < 1.29 is 9.53 Å². The number of hydrogen-bond acceptors (Lipinski definition) is 3. The van der Waals surface area contributed by atoms with Crippen LogP contribution in [0, 0.1) is 11.3 Å². The third kappa shape index (κ3) is 6.79. The van der Waals surface area contributed by atoms with E-state index in [1.54, 1.807) is 24.3 Å². The van der Waals surface area contributed by atoms with Gasteiger partial charge in [-0.05, 0) is 37.8 Å². The fourth-order valence-electron chi connectivity index (χ4n) is 1.69.